The second-order valence-corrected chi connectivity index (χ2v) is 5.76. The molecule has 0 radical (unpaired) electrons. The number of fused-ring (bicyclic) bond motifs is 3. The van der Waals surface area contributed by atoms with Crippen molar-refractivity contribution in [2.45, 2.75) is 45.3 Å². The molecular weight excluding hydrogens is 252 g/mol. The lowest BCUT2D eigenvalue weighted by molar-refractivity contribution is -0.129. The van der Waals surface area contributed by atoms with Crippen molar-refractivity contribution < 1.29 is 9.90 Å². The van der Waals surface area contributed by atoms with Crippen LogP contribution in [0.3, 0.4) is 0 Å². The zero-order chi connectivity index (χ0) is 14.3. The zero-order valence-electron chi connectivity index (χ0n) is 11.9. The fraction of sp³-hybridized carbons (Fsp3) is 0.438. The van der Waals surface area contributed by atoms with Gasteiger partial charge in [0.25, 0.3) is 0 Å². The normalized spacial score (nSPS) is 19.6. The van der Waals surface area contributed by atoms with Gasteiger partial charge in [-0.2, -0.15) is 0 Å². The van der Waals surface area contributed by atoms with Crippen molar-refractivity contribution in [3.8, 4) is 0 Å². The average molecular weight is 272 g/mol. The van der Waals surface area contributed by atoms with Gasteiger partial charge in [0.2, 0.25) is 5.91 Å². The number of carbonyl (C=O) groups excluding carboxylic acids is 1. The third kappa shape index (κ3) is 2.31. The van der Waals surface area contributed by atoms with Gasteiger partial charge in [0.05, 0.1) is 0 Å². The van der Waals surface area contributed by atoms with Gasteiger partial charge >= 0.3 is 0 Å². The first kappa shape index (κ1) is 13.2. The monoisotopic (exact) mass is 272 g/mol. The Morgan fingerprint density at radius 2 is 2.30 bits per heavy atom. The van der Waals surface area contributed by atoms with Crippen molar-refractivity contribution in [3.05, 3.63) is 35.0 Å². The molecule has 106 valence electrons. The second kappa shape index (κ2) is 4.94. The minimum absolute atomic E-state index is 0.115. The van der Waals surface area contributed by atoms with Gasteiger partial charge in [0.1, 0.15) is 6.10 Å². The van der Waals surface area contributed by atoms with Crippen LogP contribution in [-0.4, -0.2) is 28.1 Å². The first-order valence-corrected chi connectivity index (χ1v) is 7.13. The smallest absolute Gasteiger partial charge is 0.248 e. The van der Waals surface area contributed by atoms with E-state index in [2.05, 4.69) is 35.4 Å². The van der Waals surface area contributed by atoms with Crippen molar-refractivity contribution in [2.75, 3.05) is 0 Å². The molecular formula is C16H20N2O2. The van der Waals surface area contributed by atoms with Crippen molar-refractivity contribution >= 4 is 16.8 Å². The Bertz CT molecular complexity index is 658. The molecule has 1 aliphatic rings. The number of hydrogen-bond acceptors (Lipinski definition) is 2. The van der Waals surface area contributed by atoms with Gasteiger partial charge in [-0.3, -0.25) is 4.79 Å². The molecule has 1 heterocycles. The third-order valence-corrected chi connectivity index (χ3v) is 4.07. The molecule has 4 nitrogen and oxygen atoms in total. The van der Waals surface area contributed by atoms with Crippen LogP contribution in [-0.2, 0) is 17.6 Å². The molecule has 1 aliphatic carbocycles. The van der Waals surface area contributed by atoms with Crippen LogP contribution in [0, 0.1) is 6.92 Å². The van der Waals surface area contributed by atoms with E-state index in [1.807, 2.05) is 0 Å². The minimum Gasteiger partial charge on any atom is -0.384 e. The number of carbonyl (C=O) groups is 1. The van der Waals surface area contributed by atoms with Crippen molar-refractivity contribution in [1.82, 2.24) is 10.3 Å². The molecule has 0 aliphatic heterocycles. The van der Waals surface area contributed by atoms with Crippen LogP contribution in [0.5, 0.6) is 0 Å². The Morgan fingerprint density at radius 3 is 3.05 bits per heavy atom. The summed E-state index contributed by atoms with van der Waals surface area (Å²) in [4.78, 5) is 15.1. The number of aliphatic hydroxyl groups is 1. The van der Waals surface area contributed by atoms with Crippen molar-refractivity contribution in [2.24, 2.45) is 0 Å². The number of amides is 1. The van der Waals surface area contributed by atoms with E-state index in [4.69, 9.17) is 0 Å². The van der Waals surface area contributed by atoms with Crippen LogP contribution in [0.2, 0.25) is 0 Å². The summed E-state index contributed by atoms with van der Waals surface area (Å²) in [5, 5.41) is 13.5. The maximum Gasteiger partial charge on any atom is 0.248 e. The van der Waals surface area contributed by atoms with Gasteiger partial charge in [-0.05, 0) is 50.8 Å². The summed E-state index contributed by atoms with van der Waals surface area (Å²) in [6.45, 7) is 3.59. The molecule has 0 saturated heterocycles. The largest absolute Gasteiger partial charge is 0.384 e. The number of nitrogens with one attached hydrogen (secondary N) is 2. The van der Waals surface area contributed by atoms with Gasteiger partial charge in [0, 0.05) is 22.6 Å². The highest BCUT2D eigenvalue weighted by atomic mass is 16.3. The number of aliphatic hydroxyl groups excluding tert-OH is 1. The molecule has 2 atom stereocenters. The Kier molecular flexibility index (Phi) is 3.26. The summed E-state index contributed by atoms with van der Waals surface area (Å²) in [5.74, 6) is -0.283. The van der Waals surface area contributed by atoms with E-state index in [-0.39, 0.29) is 11.9 Å². The van der Waals surface area contributed by atoms with E-state index in [0.717, 1.165) is 19.3 Å². The van der Waals surface area contributed by atoms with Crippen molar-refractivity contribution in [3.63, 3.8) is 0 Å². The van der Waals surface area contributed by atoms with E-state index < -0.39 is 6.10 Å². The van der Waals surface area contributed by atoms with Crippen LogP contribution in [0.1, 0.15) is 30.2 Å². The zero-order valence-corrected chi connectivity index (χ0v) is 11.9. The minimum atomic E-state index is -0.943. The van der Waals surface area contributed by atoms with Gasteiger partial charge in [-0.25, -0.2) is 0 Å². The Balaban J connectivity index is 1.88. The lowest BCUT2D eigenvalue weighted by Crippen LogP contribution is -2.43. The predicted molar refractivity (Wildman–Crippen MR) is 78.7 cm³/mol. The fourth-order valence-electron chi connectivity index (χ4n) is 2.98. The van der Waals surface area contributed by atoms with Crippen LogP contribution in [0.25, 0.3) is 10.9 Å². The molecule has 3 N–H and O–H groups in total. The second-order valence-electron chi connectivity index (χ2n) is 5.76. The summed E-state index contributed by atoms with van der Waals surface area (Å²) >= 11 is 0. The quantitative estimate of drug-likeness (QED) is 0.781. The van der Waals surface area contributed by atoms with Gasteiger partial charge in [0.15, 0.2) is 0 Å². The predicted octanol–water partition coefficient (Wildman–Crippen LogP) is 1.83. The molecule has 4 heteroatoms. The molecule has 2 aromatic rings. The van der Waals surface area contributed by atoms with E-state index in [1.54, 1.807) is 0 Å². The number of aryl methyl sites for hydroxylation is 2. The fourth-order valence-corrected chi connectivity index (χ4v) is 2.98. The highest BCUT2D eigenvalue weighted by molar-refractivity contribution is 5.86. The lowest BCUT2D eigenvalue weighted by Gasteiger charge is -2.24. The Morgan fingerprint density at radius 1 is 1.50 bits per heavy atom. The third-order valence-electron chi connectivity index (χ3n) is 4.07. The summed E-state index contributed by atoms with van der Waals surface area (Å²) in [5.41, 5.74) is 5.01. The molecule has 0 spiro atoms. The van der Waals surface area contributed by atoms with E-state index in [9.17, 15) is 9.90 Å². The van der Waals surface area contributed by atoms with Crippen molar-refractivity contribution in [1.29, 1.82) is 0 Å². The number of benzene rings is 1. The van der Waals surface area contributed by atoms with E-state index in [0.29, 0.717) is 0 Å². The van der Waals surface area contributed by atoms with E-state index >= 15 is 0 Å². The van der Waals surface area contributed by atoms with Crippen LogP contribution < -0.4 is 5.32 Å². The van der Waals surface area contributed by atoms with Gasteiger partial charge in [-0.1, -0.05) is 11.6 Å². The number of rotatable bonds is 2. The SMILES string of the molecule is Cc1ccc2[nH]c3c(c2c1)CC(NC(=O)C(C)O)CC3. The molecule has 0 fully saturated rings. The maximum absolute atomic E-state index is 11.6. The highest BCUT2D eigenvalue weighted by Gasteiger charge is 2.24. The molecule has 1 aromatic carbocycles. The number of H-pyrrole nitrogens is 1. The standard InChI is InChI=1S/C16H20N2O2/c1-9-3-5-14-12(7-9)13-8-11(4-6-15(13)18-14)17-16(20)10(2)19/h3,5,7,10-11,18-19H,4,6,8H2,1-2H3,(H,17,20). The molecule has 1 amide bonds. The van der Waals surface area contributed by atoms with E-state index in [1.165, 1.54) is 34.6 Å². The molecule has 0 saturated carbocycles. The van der Waals surface area contributed by atoms with Gasteiger partial charge < -0.3 is 15.4 Å². The molecule has 0 bridgehead atoms. The topological polar surface area (TPSA) is 65.1 Å². The Hall–Kier alpha value is -1.81. The number of aromatic nitrogens is 1. The maximum atomic E-state index is 11.6. The number of aromatic amines is 1. The lowest BCUT2D eigenvalue weighted by atomic mass is 9.91. The molecule has 3 rings (SSSR count). The summed E-state index contributed by atoms with van der Waals surface area (Å²) in [6, 6.07) is 6.54. The summed E-state index contributed by atoms with van der Waals surface area (Å²) in [6.07, 6.45) is 1.74. The first-order chi connectivity index (χ1) is 9.54. The van der Waals surface area contributed by atoms with Gasteiger partial charge in [-0.15, -0.1) is 0 Å². The average Bonchev–Trinajstić information content (AvgIpc) is 2.76. The van der Waals surface area contributed by atoms with Crippen LogP contribution in [0.4, 0.5) is 0 Å². The summed E-state index contributed by atoms with van der Waals surface area (Å²) < 4.78 is 0. The van der Waals surface area contributed by atoms with Crippen LogP contribution >= 0.6 is 0 Å². The highest BCUT2D eigenvalue weighted by Crippen LogP contribution is 2.29. The molecule has 20 heavy (non-hydrogen) atoms. The first-order valence-electron chi connectivity index (χ1n) is 7.13. The summed E-state index contributed by atoms with van der Waals surface area (Å²) in [7, 11) is 0. The van der Waals surface area contributed by atoms with Crippen LogP contribution in [0.15, 0.2) is 18.2 Å². The molecule has 2 unspecified atom stereocenters. The number of hydrogen-bond donors (Lipinski definition) is 3. The Labute approximate surface area is 118 Å². The molecule has 1 aromatic heterocycles.